The number of halogens is 1. The molecule has 0 bridgehead atoms. The second kappa shape index (κ2) is 12.1. The summed E-state index contributed by atoms with van der Waals surface area (Å²) in [6.45, 7) is 13.2. The number of hydrogen-bond acceptors (Lipinski definition) is 7. The minimum Gasteiger partial charge on any atom is -0.462 e. The van der Waals surface area contributed by atoms with Crippen LogP contribution in [-0.4, -0.2) is 35.2 Å². The number of nitrogens with one attached hydrogen (secondary N) is 2. The van der Waals surface area contributed by atoms with E-state index in [9.17, 15) is 4.79 Å². The van der Waals surface area contributed by atoms with Crippen molar-refractivity contribution in [2.75, 3.05) is 13.2 Å². The SMILES string of the molecule is CCNC(=NCc1cc(C(C)C)no1)NC(C)c1nc(C)c(C(=O)OCC)s1.I. The third-order valence-corrected chi connectivity index (χ3v) is 5.22. The summed E-state index contributed by atoms with van der Waals surface area (Å²) < 4.78 is 10.4. The van der Waals surface area contributed by atoms with Crippen LogP contribution in [0.1, 0.15) is 78.4 Å². The largest absolute Gasteiger partial charge is 0.462 e. The highest BCUT2D eigenvalue weighted by Crippen LogP contribution is 2.24. The fraction of sp³-hybridized carbons (Fsp3) is 0.579. The van der Waals surface area contributed by atoms with E-state index in [4.69, 9.17) is 9.26 Å². The van der Waals surface area contributed by atoms with Crippen LogP contribution >= 0.6 is 35.3 Å². The summed E-state index contributed by atoms with van der Waals surface area (Å²) in [6, 6.07) is 1.81. The third kappa shape index (κ3) is 7.25. The van der Waals surface area contributed by atoms with Crippen molar-refractivity contribution in [1.29, 1.82) is 0 Å². The van der Waals surface area contributed by atoms with Crippen molar-refractivity contribution >= 4 is 47.2 Å². The van der Waals surface area contributed by atoms with Crippen LogP contribution in [-0.2, 0) is 11.3 Å². The molecule has 0 aromatic carbocycles. The molecule has 1 atom stereocenters. The first-order chi connectivity index (χ1) is 13.3. The lowest BCUT2D eigenvalue weighted by Gasteiger charge is -2.15. The van der Waals surface area contributed by atoms with Crippen LogP contribution in [0.3, 0.4) is 0 Å². The van der Waals surface area contributed by atoms with Gasteiger partial charge in [0.1, 0.15) is 16.4 Å². The number of carbonyl (C=O) groups is 1. The molecular formula is C19H30IN5O3S. The first-order valence-electron chi connectivity index (χ1n) is 9.50. The van der Waals surface area contributed by atoms with E-state index in [1.165, 1.54) is 11.3 Å². The van der Waals surface area contributed by atoms with E-state index in [0.717, 1.165) is 17.2 Å². The number of rotatable bonds is 8. The predicted octanol–water partition coefficient (Wildman–Crippen LogP) is 4.17. The average Bonchev–Trinajstić information content (AvgIpc) is 3.27. The number of ether oxygens (including phenoxy) is 1. The maximum absolute atomic E-state index is 12.0. The molecule has 2 rings (SSSR count). The smallest absolute Gasteiger partial charge is 0.350 e. The summed E-state index contributed by atoms with van der Waals surface area (Å²) in [5, 5.41) is 11.4. The summed E-state index contributed by atoms with van der Waals surface area (Å²) in [5.41, 5.74) is 1.60. The minimum absolute atomic E-state index is 0. The lowest BCUT2D eigenvalue weighted by molar-refractivity contribution is 0.0531. The fourth-order valence-electron chi connectivity index (χ4n) is 2.41. The van der Waals surface area contributed by atoms with Gasteiger partial charge >= 0.3 is 5.97 Å². The van der Waals surface area contributed by atoms with Gasteiger partial charge in [-0.3, -0.25) is 0 Å². The number of aliphatic imine (C=N–C) groups is 1. The molecule has 2 aromatic rings. The van der Waals surface area contributed by atoms with Crippen molar-refractivity contribution in [3.8, 4) is 0 Å². The molecule has 2 aromatic heterocycles. The molecule has 0 spiro atoms. The monoisotopic (exact) mass is 535 g/mol. The van der Waals surface area contributed by atoms with E-state index < -0.39 is 0 Å². The van der Waals surface area contributed by atoms with Crippen LogP contribution in [0.5, 0.6) is 0 Å². The van der Waals surface area contributed by atoms with Gasteiger partial charge in [-0.05, 0) is 33.6 Å². The van der Waals surface area contributed by atoms with E-state index in [1.54, 1.807) is 6.92 Å². The van der Waals surface area contributed by atoms with E-state index >= 15 is 0 Å². The minimum atomic E-state index is -0.331. The molecule has 29 heavy (non-hydrogen) atoms. The van der Waals surface area contributed by atoms with Gasteiger partial charge in [-0.1, -0.05) is 19.0 Å². The molecule has 0 amide bonds. The van der Waals surface area contributed by atoms with E-state index in [0.29, 0.717) is 41.4 Å². The summed E-state index contributed by atoms with van der Waals surface area (Å²) in [6.07, 6.45) is 0. The lowest BCUT2D eigenvalue weighted by Crippen LogP contribution is -2.38. The van der Waals surface area contributed by atoms with Crippen LogP contribution in [0.4, 0.5) is 0 Å². The highest BCUT2D eigenvalue weighted by molar-refractivity contribution is 14.0. The number of carbonyl (C=O) groups excluding carboxylic acids is 1. The Bertz CT molecular complexity index is 819. The zero-order valence-corrected chi connectivity index (χ0v) is 20.9. The van der Waals surface area contributed by atoms with Crippen molar-refractivity contribution in [2.45, 2.75) is 60.0 Å². The zero-order chi connectivity index (χ0) is 20.7. The normalized spacial score (nSPS) is 12.4. The molecule has 0 aliphatic heterocycles. The van der Waals surface area contributed by atoms with Gasteiger partial charge in [-0.2, -0.15) is 0 Å². The van der Waals surface area contributed by atoms with Crippen molar-refractivity contribution in [3.05, 3.63) is 33.1 Å². The molecule has 10 heteroatoms. The van der Waals surface area contributed by atoms with Gasteiger partial charge in [0.25, 0.3) is 0 Å². The second-order valence-corrected chi connectivity index (χ2v) is 7.65. The Morgan fingerprint density at radius 1 is 1.34 bits per heavy atom. The number of thiazole rings is 1. The highest BCUT2D eigenvalue weighted by atomic mass is 127. The number of nitrogens with zero attached hydrogens (tertiary/aromatic N) is 3. The Morgan fingerprint density at radius 2 is 2.07 bits per heavy atom. The molecule has 2 heterocycles. The third-order valence-electron chi connectivity index (χ3n) is 3.90. The van der Waals surface area contributed by atoms with Crippen LogP contribution in [0.15, 0.2) is 15.6 Å². The van der Waals surface area contributed by atoms with Crippen LogP contribution in [0, 0.1) is 6.92 Å². The van der Waals surface area contributed by atoms with Gasteiger partial charge in [-0.25, -0.2) is 14.8 Å². The number of aryl methyl sites for hydroxylation is 1. The standard InChI is InChI=1S/C19H29N5O3S.HI/c1-7-20-19(21-10-14-9-15(11(3)4)24-27-14)23-13(6)17-22-12(5)16(28-17)18(25)26-8-2;/h9,11,13H,7-8,10H2,1-6H3,(H2,20,21,23);1H. The molecule has 0 saturated heterocycles. The maximum atomic E-state index is 12.0. The average molecular weight is 535 g/mol. The molecule has 0 saturated carbocycles. The second-order valence-electron chi connectivity index (χ2n) is 6.62. The molecule has 0 radical (unpaired) electrons. The van der Waals surface area contributed by atoms with E-state index in [2.05, 4.69) is 39.6 Å². The van der Waals surface area contributed by atoms with E-state index in [-0.39, 0.29) is 36.0 Å². The van der Waals surface area contributed by atoms with Crippen LogP contribution < -0.4 is 10.6 Å². The number of guanidine groups is 1. The fourth-order valence-corrected chi connectivity index (χ4v) is 3.37. The summed E-state index contributed by atoms with van der Waals surface area (Å²) >= 11 is 1.34. The van der Waals surface area contributed by atoms with Gasteiger partial charge in [-0.15, -0.1) is 35.3 Å². The Morgan fingerprint density at radius 3 is 2.66 bits per heavy atom. The Kier molecular flexibility index (Phi) is 10.6. The number of aromatic nitrogens is 2. The van der Waals surface area contributed by atoms with Gasteiger partial charge in [0.05, 0.1) is 24.0 Å². The van der Waals surface area contributed by atoms with E-state index in [1.807, 2.05) is 26.8 Å². The summed E-state index contributed by atoms with van der Waals surface area (Å²) in [4.78, 5) is 21.6. The highest BCUT2D eigenvalue weighted by Gasteiger charge is 2.20. The number of hydrogen-bond donors (Lipinski definition) is 2. The van der Waals surface area contributed by atoms with Crippen LogP contribution in [0.25, 0.3) is 0 Å². The molecule has 0 fully saturated rings. The van der Waals surface area contributed by atoms with Crippen molar-refractivity contribution in [2.24, 2.45) is 4.99 Å². The predicted molar refractivity (Wildman–Crippen MR) is 125 cm³/mol. The molecule has 8 nitrogen and oxygen atoms in total. The Hall–Kier alpha value is -1.69. The lowest BCUT2D eigenvalue weighted by atomic mass is 10.1. The first kappa shape index (κ1) is 25.3. The molecule has 0 aliphatic rings. The van der Waals surface area contributed by atoms with Crippen molar-refractivity contribution in [3.63, 3.8) is 0 Å². The Labute approximate surface area is 192 Å². The molecular weight excluding hydrogens is 505 g/mol. The maximum Gasteiger partial charge on any atom is 0.350 e. The number of esters is 1. The topological polar surface area (TPSA) is 102 Å². The van der Waals surface area contributed by atoms with Gasteiger partial charge in [0.15, 0.2) is 11.7 Å². The van der Waals surface area contributed by atoms with Gasteiger partial charge < -0.3 is 19.9 Å². The molecule has 1 unspecified atom stereocenters. The van der Waals surface area contributed by atoms with Crippen molar-refractivity contribution in [1.82, 2.24) is 20.8 Å². The summed E-state index contributed by atoms with van der Waals surface area (Å²) in [5.74, 6) is 1.34. The van der Waals surface area contributed by atoms with Gasteiger partial charge in [0, 0.05) is 12.6 Å². The molecule has 162 valence electrons. The van der Waals surface area contributed by atoms with Gasteiger partial charge in [0.2, 0.25) is 0 Å². The first-order valence-corrected chi connectivity index (χ1v) is 10.3. The molecule has 2 N–H and O–H groups in total. The summed E-state index contributed by atoms with van der Waals surface area (Å²) in [7, 11) is 0. The zero-order valence-electron chi connectivity index (χ0n) is 17.7. The quantitative estimate of drug-likeness (QED) is 0.226. The van der Waals surface area contributed by atoms with Crippen molar-refractivity contribution < 1.29 is 14.1 Å². The van der Waals surface area contributed by atoms with Crippen LogP contribution in [0.2, 0.25) is 0 Å². The molecule has 0 aliphatic carbocycles. The Balaban J connectivity index is 0.00000420.